The number of nitrogens with one attached hydrogen (secondary N) is 4. The van der Waals surface area contributed by atoms with E-state index in [4.69, 9.17) is 0 Å². The van der Waals surface area contributed by atoms with Gasteiger partial charge in [0, 0.05) is 6.42 Å². The molecule has 0 saturated carbocycles. The van der Waals surface area contributed by atoms with Crippen LogP contribution in [0.25, 0.3) is 0 Å². The van der Waals surface area contributed by atoms with Crippen LogP contribution in [0, 0.1) is 5.92 Å². The summed E-state index contributed by atoms with van der Waals surface area (Å²) < 4.78 is 0. The van der Waals surface area contributed by atoms with E-state index in [9.17, 15) is 24.3 Å². The molecule has 1 aromatic carbocycles. The Bertz CT molecular complexity index is 830. The maximum Gasteiger partial charge on any atom is 0.326 e. The van der Waals surface area contributed by atoms with Crippen LogP contribution in [0.1, 0.15) is 38.7 Å². The van der Waals surface area contributed by atoms with E-state index in [1.807, 2.05) is 36.6 Å². The van der Waals surface area contributed by atoms with Crippen molar-refractivity contribution in [3.8, 4) is 0 Å². The number of thioether (sulfide) groups is 1. The second kappa shape index (κ2) is 14.0. The Balaban J connectivity index is 2.16. The summed E-state index contributed by atoms with van der Waals surface area (Å²) in [5.74, 6) is -2.12. The first-order chi connectivity index (χ1) is 16.2. The lowest BCUT2D eigenvalue weighted by Crippen LogP contribution is -2.58. The van der Waals surface area contributed by atoms with Gasteiger partial charge in [-0.25, -0.2) is 4.79 Å². The predicted molar refractivity (Wildman–Crippen MR) is 132 cm³/mol. The fraction of sp³-hybridized carbons (Fsp3) is 0.583. The van der Waals surface area contributed by atoms with Crippen molar-refractivity contribution >= 4 is 35.5 Å². The second-order valence-corrected chi connectivity index (χ2v) is 9.80. The minimum Gasteiger partial charge on any atom is -0.480 e. The molecule has 1 fully saturated rings. The third kappa shape index (κ3) is 8.64. The van der Waals surface area contributed by atoms with Gasteiger partial charge in [-0.2, -0.15) is 11.8 Å². The van der Waals surface area contributed by atoms with Gasteiger partial charge in [-0.15, -0.1) is 0 Å². The minimum absolute atomic E-state index is 0.246. The number of carboxylic acid groups (broad SMARTS) is 1. The van der Waals surface area contributed by atoms with Crippen molar-refractivity contribution in [2.45, 2.75) is 63.7 Å². The SMILES string of the molecule is CSCCC(NC(=O)C(Cc1ccccc1)NC(=O)C1CCCN1)C(=O)NC(C(=O)O)C(C)C. The number of hydrogen-bond donors (Lipinski definition) is 5. The molecule has 188 valence electrons. The van der Waals surface area contributed by atoms with Gasteiger partial charge >= 0.3 is 5.97 Å². The van der Waals surface area contributed by atoms with Gasteiger partial charge < -0.3 is 26.4 Å². The Labute approximate surface area is 205 Å². The molecule has 2 rings (SSSR count). The Morgan fingerprint density at radius 2 is 1.74 bits per heavy atom. The molecule has 1 heterocycles. The lowest BCUT2D eigenvalue weighted by atomic mass is 10.0. The highest BCUT2D eigenvalue weighted by atomic mass is 32.2. The number of carbonyl (C=O) groups excluding carboxylic acids is 3. The average molecular weight is 493 g/mol. The molecule has 0 aliphatic carbocycles. The summed E-state index contributed by atoms with van der Waals surface area (Å²) in [6, 6.07) is 6.14. The van der Waals surface area contributed by atoms with Crippen LogP contribution < -0.4 is 21.3 Å². The van der Waals surface area contributed by atoms with Crippen LogP contribution >= 0.6 is 11.8 Å². The average Bonchev–Trinajstić information content (AvgIpc) is 3.35. The molecule has 3 amide bonds. The molecule has 1 aliphatic heterocycles. The maximum atomic E-state index is 13.3. The number of benzene rings is 1. The first-order valence-electron chi connectivity index (χ1n) is 11.6. The van der Waals surface area contributed by atoms with E-state index in [1.54, 1.807) is 13.8 Å². The number of hydrogen-bond acceptors (Lipinski definition) is 6. The Hall–Kier alpha value is -2.59. The number of aliphatic carboxylic acids is 1. The summed E-state index contributed by atoms with van der Waals surface area (Å²) in [4.78, 5) is 50.5. The molecule has 0 radical (unpaired) electrons. The van der Waals surface area contributed by atoms with Gasteiger partial charge in [0.2, 0.25) is 17.7 Å². The van der Waals surface area contributed by atoms with E-state index in [2.05, 4.69) is 21.3 Å². The summed E-state index contributed by atoms with van der Waals surface area (Å²) in [7, 11) is 0. The van der Waals surface area contributed by atoms with Crippen molar-refractivity contribution in [2.75, 3.05) is 18.6 Å². The summed E-state index contributed by atoms with van der Waals surface area (Å²) in [5, 5.41) is 20.7. The molecular weight excluding hydrogens is 456 g/mol. The first-order valence-corrected chi connectivity index (χ1v) is 13.0. The molecule has 10 heteroatoms. The molecule has 0 bridgehead atoms. The lowest BCUT2D eigenvalue weighted by molar-refractivity contribution is -0.143. The van der Waals surface area contributed by atoms with Crippen molar-refractivity contribution in [3.63, 3.8) is 0 Å². The zero-order chi connectivity index (χ0) is 25.1. The number of carboxylic acids is 1. The lowest BCUT2D eigenvalue weighted by Gasteiger charge is -2.26. The van der Waals surface area contributed by atoms with Crippen molar-refractivity contribution in [3.05, 3.63) is 35.9 Å². The standard InChI is InChI=1S/C24H36N4O5S/c1-15(2)20(24(32)33)28-22(30)18(11-13-34-3)26-23(31)19(14-16-8-5-4-6-9-16)27-21(29)17-10-7-12-25-17/h4-6,8-9,15,17-20,25H,7,10-14H2,1-3H3,(H,26,31)(H,27,29)(H,28,30)(H,32,33). The van der Waals surface area contributed by atoms with Crippen LogP contribution in [0.3, 0.4) is 0 Å². The number of carbonyl (C=O) groups is 4. The van der Waals surface area contributed by atoms with E-state index < -0.39 is 35.9 Å². The second-order valence-electron chi connectivity index (χ2n) is 8.81. The molecule has 0 spiro atoms. The molecule has 1 aliphatic rings. The third-order valence-corrected chi connectivity index (χ3v) is 6.41. The maximum absolute atomic E-state index is 13.3. The summed E-state index contributed by atoms with van der Waals surface area (Å²) in [6.45, 7) is 4.17. The summed E-state index contributed by atoms with van der Waals surface area (Å²) in [5.41, 5.74) is 0.873. The fourth-order valence-electron chi connectivity index (χ4n) is 3.78. The molecule has 4 atom stereocenters. The third-order valence-electron chi connectivity index (χ3n) is 5.77. The Kier molecular flexibility index (Phi) is 11.4. The van der Waals surface area contributed by atoms with Crippen LogP contribution in [0.4, 0.5) is 0 Å². The molecule has 1 saturated heterocycles. The van der Waals surface area contributed by atoms with Gasteiger partial charge in [0.05, 0.1) is 6.04 Å². The smallest absolute Gasteiger partial charge is 0.326 e. The number of amides is 3. The van der Waals surface area contributed by atoms with Crippen molar-refractivity contribution < 1.29 is 24.3 Å². The van der Waals surface area contributed by atoms with Crippen LogP contribution in [0.15, 0.2) is 30.3 Å². The largest absolute Gasteiger partial charge is 0.480 e. The van der Waals surface area contributed by atoms with Gasteiger partial charge in [-0.1, -0.05) is 44.2 Å². The molecular formula is C24H36N4O5S. The van der Waals surface area contributed by atoms with E-state index in [0.29, 0.717) is 18.6 Å². The molecule has 9 nitrogen and oxygen atoms in total. The van der Waals surface area contributed by atoms with Crippen molar-refractivity contribution in [1.29, 1.82) is 0 Å². The fourth-order valence-corrected chi connectivity index (χ4v) is 4.26. The van der Waals surface area contributed by atoms with Gasteiger partial charge in [0.1, 0.15) is 18.1 Å². The summed E-state index contributed by atoms with van der Waals surface area (Å²) in [6.07, 6.45) is 4.09. The summed E-state index contributed by atoms with van der Waals surface area (Å²) >= 11 is 1.52. The van der Waals surface area contributed by atoms with E-state index >= 15 is 0 Å². The van der Waals surface area contributed by atoms with Crippen LogP contribution in [0.2, 0.25) is 0 Å². The van der Waals surface area contributed by atoms with Crippen LogP contribution in [0.5, 0.6) is 0 Å². The highest BCUT2D eigenvalue weighted by Crippen LogP contribution is 2.10. The molecule has 1 aromatic rings. The molecule has 34 heavy (non-hydrogen) atoms. The molecule has 5 N–H and O–H groups in total. The monoisotopic (exact) mass is 492 g/mol. The topological polar surface area (TPSA) is 137 Å². The Morgan fingerprint density at radius 1 is 1.06 bits per heavy atom. The van der Waals surface area contributed by atoms with Crippen molar-refractivity contribution in [1.82, 2.24) is 21.3 Å². The normalized spacial score (nSPS) is 18.1. The van der Waals surface area contributed by atoms with E-state index in [0.717, 1.165) is 18.5 Å². The Morgan fingerprint density at radius 3 is 2.29 bits per heavy atom. The van der Waals surface area contributed by atoms with E-state index in [-0.39, 0.29) is 24.3 Å². The zero-order valence-electron chi connectivity index (χ0n) is 20.0. The molecule has 0 aromatic heterocycles. The zero-order valence-corrected chi connectivity index (χ0v) is 20.8. The van der Waals surface area contributed by atoms with Crippen LogP contribution in [-0.2, 0) is 25.6 Å². The number of rotatable bonds is 13. The quantitative estimate of drug-likeness (QED) is 0.276. The highest BCUT2D eigenvalue weighted by molar-refractivity contribution is 7.98. The van der Waals surface area contributed by atoms with E-state index in [1.165, 1.54) is 11.8 Å². The minimum atomic E-state index is -1.13. The predicted octanol–water partition coefficient (Wildman–Crippen LogP) is 0.929. The van der Waals surface area contributed by atoms with Gasteiger partial charge in [-0.05, 0) is 49.3 Å². The molecule has 4 unspecified atom stereocenters. The van der Waals surface area contributed by atoms with Gasteiger partial charge in [0.15, 0.2) is 0 Å². The van der Waals surface area contributed by atoms with Gasteiger partial charge in [-0.3, -0.25) is 14.4 Å². The van der Waals surface area contributed by atoms with Gasteiger partial charge in [0.25, 0.3) is 0 Å². The van der Waals surface area contributed by atoms with Crippen LogP contribution in [-0.4, -0.2) is 71.5 Å². The first kappa shape index (κ1) is 27.7. The van der Waals surface area contributed by atoms with Crippen molar-refractivity contribution in [2.24, 2.45) is 5.92 Å². The highest BCUT2D eigenvalue weighted by Gasteiger charge is 2.32.